The van der Waals surface area contributed by atoms with Crippen LogP contribution in [0.3, 0.4) is 0 Å². The summed E-state index contributed by atoms with van der Waals surface area (Å²) >= 11 is 0. The molecular weight excluding hydrogens is 154 g/mol. The number of nitrogens with zero attached hydrogens (tertiary/aromatic N) is 2. The van der Waals surface area contributed by atoms with Gasteiger partial charge in [0.05, 0.1) is 6.04 Å². The monoisotopic (exact) mass is 163 g/mol. The van der Waals surface area contributed by atoms with E-state index < -0.39 is 0 Å². The number of aromatic nitrogens is 2. The van der Waals surface area contributed by atoms with Crippen LogP contribution in [-0.2, 0) is 0 Å². The molecule has 1 aromatic rings. The van der Waals surface area contributed by atoms with Crippen molar-refractivity contribution in [3.05, 3.63) is 11.8 Å². The second kappa shape index (κ2) is 3.53. The number of hydrogen-bond donors (Lipinski definition) is 1. The van der Waals surface area contributed by atoms with E-state index in [4.69, 9.17) is 10.2 Å². The van der Waals surface area contributed by atoms with Crippen LogP contribution in [0.1, 0.15) is 24.7 Å². The van der Waals surface area contributed by atoms with Crippen molar-refractivity contribution in [2.75, 3.05) is 0 Å². The van der Waals surface area contributed by atoms with E-state index in [-0.39, 0.29) is 18.4 Å². The van der Waals surface area contributed by atoms with Gasteiger partial charge in [-0.25, -0.2) is 0 Å². The van der Waals surface area contributed by atoms with Gasteiger partial charge in [0.15, 0.2) is 0 Å². The van der Waals surface area contributed by atoms with Crippen molar-refractivity contribution in [2.24, 2.45) is 5.73 Å². The molecule has 5 heteroatoms. The summed E-state index contributed by atoms with van der Waals surface area (Å²) in [5.74, 6) is 1.05. The molecule has 0 radical (unpaired) electrons. The highest BCUT2D eigenvalue weighted by Gasteiger charge is 2.05. The largest absolute Gasteiger partial charge is 0.424 e. The van der Waals surface area contributed by atoms with Crippen LogP contribution < -0.4 is 5.73 Å². The number of aryl methyl sites for hydroxylation is 1. The maximum Gasteiger partial charge on any atom is 0.232 e. The molecule has 1 atom stereocenters. The minimum atomic E-state index is -0.161. The Morgan fingerprint density at radius 3 is 2.30 bits per heavy atom. The van der Waals surface area contributed by atoms with Crippen LogP contribution in [0.4, 0.5) is 0 Å². The molecule has 0 aliphatic heterocycles. The van der Waals surface area contributed by atoms with Crippen molar-refractivity contribution in [1.82, 2.24) is 10.2 Å². The summed E-state index contributed by atoms with van der Waals surface area (Å²) in [6, 6.07) is -0.161. The first-order valence-corrected chi connectivity index (χ1v) is 2.75. The topological polar surface area (TPSA) is 64.9 Å². The molecule has 0 saturated heterocycles. The quantitative estimate of drug-likeness (QED) is 0.666. The summed E-state index contributed by atoms with van der Waals surface area (Å²) in [5, 5.41) is 7.31. The Balaban J connectivity index is 0.000000810. The minimum Gasteiger partial charge on any atom is -0.424 e. The van der Waals surface area contributed by atoms with E-state index in [1.54, 1.807) is 13.8 Å². The van der Waals surface area contributed by atoms with Gasteiger partial charge >= 0.3 is 0 Å². The zero-order chi connectivity index (χ0) is 6.85. The normalized spacial score (nSPS) is 12.3. The molecule has 0 amide bonds. The van der Waals surface area contributed by atoms with Gasteiger partial charge in [-0.15, -0.1) is 22.6 Å². The van der Waals surface area contributed by atoms with Gasteiger partial charge in [0.1, 0.15) is 0 Å². The van der Waals surface area contributed by atoms with Gasteiger partial charge in [0, 0.05) is 6.92 Å². The van der Waals surface area contributed by atoms with E-state index in [2.05, 4.69) is 10.2 Å². The Morgan fingerprint density at radius 2 is 2.10 bits per heavy atom. The van der Waals surface area contributed by atoms with Crippen molar-refractivity contribution < 1.29 is 4.42 Å². The molecule has 0 spiro atoms. The second-order valence-corrected chi connectivity index (χ2v) is 1.95. The first kappa shape index (κ1) is 9.39. The zero-order valence-electron chi connectivity index (χ0n) is 5.87. The zero-order valence-corrected chi connectivity index (χ0v) is 6.68. The summed E-state index contributed by atoms with van der Waals surface area (Å²) in [6.45, 7) is 3.53. The molecule has 1 heterocycles. The summed E-state index contributed by atoms with van der Waals surface area (Å²) in [7, 11) is 0. The minimum absolute atomic E-state index is 0. The summed E-state index contributed by atoms with van der Waals surface area (Å²) in [6.07, 6.45) is 0. The number of hydrogen-bond acceptors (Lipinski definition) is 4. The smallest absolute Gasteiger partial charge is 0.232 e. The van der Waals surface area contributed by atoms with Gasteiger partial charge in [-0.1, -0.05) is 0 Å². The van der Waals surface area contributed by atoms with E-state index in [9.17, 15) is 0 Å². The van der Waals surface area contributed by atoms with Crippen molar-refractivity contribution in [2.45, 2.75) is 19.9 Å². The predicted molar refractivity (Wildman–Crippen MR) is 38.9 cm³/mol. The number of nitrogens with two attached hydrogens (primary N) is 1. The molecule has 1 aromatic heterocycles. The molecule has 1 unspecified atom stereocenters. The fourth-order valence-electron chi connectivity index (χ4n) is 0.496. The standard InChI is InChI=1S/C5H9N3O.ClH/c1-3(6)5-8-7-4(2)9-5;/h3H,6H2,1-2H3;1H. The lowest BCUT2D eigenvalue weighted by Crippen LogP contribution is -2.04. The summed E-state index contributed by atoms with van der Waals surface area (Å²) in [5.41, 5.74) is 5.43. The van der Waals surface area contributed by atoms with Gasteiger partial charge in [-0.05, 0) is 6.92 Å². The van der Waals surface area contributed by atoms with Crippen LogP contribution in [0.2, 0.25) is 0 Å². The first-order valence-electron chi connectivity index (χ1n) is 2.75. The van der Waals surface area contributed by atoms with Crippen molar-refractivity contribution in [1.29, 1.82) is 0 Å². The van der Waals surface area contributed by atoms with Gasteiger partial charge in [-0.2, -0.15) is 0 Å². The SMILES string of the molecule is Cc1nnc(C(C)N)o1.Cl. The molecule has 4 nitrogen and oxygen atoms in total. The molecule has 2 N–H and O–H groups in total. The highest BCUT2D eigenvalue weighted by atomic mass is 35.5. The maximum absolute atomic E-state index is 5.43. The van der Waals surface area contributed by atoms with Crippen molar-refractivity contribution >= 4 is 12.4 Å². The van der Waals surface area contributed by atoms with Gasteiger partial charge < -0.3 is 10.2 Å². The molecule has 0 bridgehead atoms. The Kier molecular flexibility index (Phi) is 3.32. The number of halogens is 1. The van der Waals surface area contributed by atoms with Crippen LogP contribution in [0.15, 0.2) is 4.42 Å². The molecule has 0 aliphatic rings. The van der Waals surface area contributed by atoms with Crippen LogP contribution in [0.25, 0.3) is 0 Å². The molecular formula is C5H10ClN3O. The fraction of sp³-hybridized carbons (Fsp3) is 0.600. The van der Waals surface area contributed by atoms with E-state index in [0.717, 1.165) is 0 Å². The highest BCUT2D eigenvalue weighted by molar-refractivity contribution is 5.85. The Hall–Kier alpha value is -0.610. The molecule has 0 aromatic carbocycles. The van der Waals surface area contributed by atoms with Crippen molar-refractivity contribution in [3.8, 4) is 0 Å². The van der Waals surface area contributed by atoms with E-state index in [0.29, 0.717) is 11.8 Å². The maximum atomic E-state index is 5.43. The third kappa shape index (κ3) is 1.97. The molecule has 0 aliphatic carbocycles. The molecule has 58 valence electrons. The van der Waals surface area contributed by atoms with Crippen LogP contribution in [0.5, 0.6) is 0 Å². The van der Waals surface area contributed by atoms with Crippen LogP contribution >= 0.6 is 12.4 Å². The van der Waals surface area contributed by atoms with Crippen LogP contribution in [0, 0.1) is 6.92 Å². The molecule has 1 rings (SSSR count). The third-order valence-electron chi connectivity index (χ3n) is 0.931. The Labute approximate surface area is 65.2 Å². The van der Waals surface area contributed by atoms with E-state index >= 15 is 0 Å². The molecule has 0 fully saturated rings. The average Bonchev–Trinajstić information content (AvgIpc) is 2.14. The number of rotatable bonds is 1. The first-order chi connectivity index (χ1) is 4.20. The van der Waals surface area contributed by atoms with Gasteiger partial charge in [0.25, 0.3) is 0 Å². The molecule has 10 heavy (non-hydrogen) atoms. The highest BCUT2D eigenvalue weighted by Crippen LogP contribution is 2.05. The Bertz CT molecular complexity index is 199. The summed E-state index contributed by atoms with van der Waals surface area (Å²) < 4.78 is 5.00. The molecule has 0 saturated carbocycles. The lowest BCUT2D eigenvalue weighted by atomic mass is 10.4. The predicted octanol–water partition coefficient (Wildman–Crippen LogP) is 0.820. The van der Waals surface area contributed by atoms with Gasteiger partial charge in [-0.3, -0.25) is 0 Å². The van der Waals surface area contributed by atoms with E-state index in [1.807, 2.05) is 0 Å². The third-order valence-corrected chi connectivity index (χ3v) is 0.931. The lowest BCUT2D eigenvalue weighted by molar-refractivity contribution is 0.442. The van der Waals surface area contributed by atoms with Crippen molar-refractivity contribution in [3.63, 3.8) is 0 Å². The van der Waals surface area contributed by atoms with Crippen LogP contribution in [-0.4, -0.2) is 10.2 Å². The van der Waals surface area contributed by atoms with Gasteiger partial charge in [0.2, 0.25) is 11.8 Å². The Morgan fingerprint density at radius 1 is 1.50 bits per heavy atom. The fourth-order valence-corrected chi connectivity index (χ4v) is 0.496. The average molecular weight is 164 g/mol. The lowest BCUT2D eigenvalue weighted by Gasteiger charge is -1.92. The van der Waals surface area contributed by atoms with E-state index in [1.165, 1.54) is 0 Å². The second-order valence-electron chi connectivity index (χ2n) is 1.95. The summed E-state index contributed by atoms with van der Waals surface area (Å²) in [4.78, 5) is 0.